The fourth-order valence-corrected chi connectivity index (χ4v) is 2.55. The fourth-order valence-electron chi connectivity index (χ4n) is 2.55. The Morgan fingerprint density at radius 1 is 1.29 bits per heavy atom. The van der Waals surface area contributed by atoms with E-state index < -0.39 is 0 Å². The maximum atomic E-state index is 12.0. The highest BCUT2D eigenvalue weighted by atomic mass is 16.1. The number of nitrogens with zero attached hydrogens (tertiary/aromatic N) is 3. The van der Waals surface area contributed by atoms with Crippen LogP contribution in [0.1, 0.15) is 36.2 Å². The predicted molar refractivity (Wildman–Crippen MR) is 85.8 cm³/mol. The van der Waals surface area contributed by atoms with Crippen molar-refractivity contribution in [2.45, 2.75) is 25.7 Å². The van der Waals surface area contributed by atoms with E-state index in [9.17, 15) is 4.79 Å². The van der Waals surface area contributed by atoms with Crippen LogP contribution in [0.3, 0.4) is 0 Å². The average molecular weight is 290 g/mol. The molecule has 1 aliphatic rings. The number of carbonyl (C=O) groups excluding carboxylic acids is 1. The van der Waals surface area contributed by atoms with Gasteiger partial charge in [-0.05, 0) is 58.5 Å². The summed E-state index contributed by atoms with van der Waals surface area (Å²) in [7, 11) is 4.06. The summed E-state index contributed by atoms with van der Waals surface area (Å²) in [5.74, 6) is -0.0843. The lowest BCUT2D eigenvalue weighted by Crippen LogP contribution is -2.30. The monoisotopic (exact) mass is 290 g/mol. The second-order valence-corrected chi connectivity index (χ2v) is 5.86. The summed E-state index contributed by atoms with van der Waals surface area (Å²) in [6.07, 6.45) is 6.57. The van der Waals surface area contributed by atoms with Crippen LogP contribution < -0.4 is 10.2 Å². The first-order valence-electron chi connectivity index (χ1n) is 7.81. The number of amides is 1. The first kappa shape index (κ1) is 15.8. The molecule has 0 aliphatic carbocycles. The molecule has 1 aromatic rings. The van der Waals surface area contributed by atoms with E-state index in [1.807, 2.05) is 32.4 Å². The smallest absolute Gasteiger partial charge is 0.269 e. The van der Waals surface area contributed by atoms with Crippen LogP contribution in [0, 0.1) is 0 Å². The summed E-state index contributed by atoms with van der Waals surface area (Å²) >= 11 is 0. The van der Waals surface area contributed by atoms with Crippen molar-refractivity contribution in [3.05, 3.63) is 24.0 Å². The molecule has 1 aromatic heterocycles. The van der Waals surface area contributed by atoms with E-state index in [0.29, 0.717) is 12.2 Å². The van der Waals surface area contributed by atoms with Crippen molar-refractivity contribution in [2.75, 3.05) is 45.2 Å². The zero-order chi connectivity index (χ0) is 15.1. The number of piperidine rings is 1. The maximum absolute atomic E-state index is 12.0. The van der Waals surface area contributed by atoms with Gasteiger partial charge in [-0.25, -0.2) is 4.98 Å². The van der Waals surface area contributed by atoms with Crippen LogP contribution in [0.4, 0.5) is 5.69 Å². The molecular formula is C16H26N4O. The third-order valence-electron chi connectivity index (χ3n) is 3.77. The van der Waals surface area contributed by atoms with Crippen LogP contribution in [-0.4, -0.2) is 56.1 Å². The summed E-state index contributed by atoms with van der Waals surface area (Å²) in [6.45, 7) is 3.85. The molecule has 0 radical (unpaired) electrons. The molecule has 0 unspecified atom stereocenters. The van der Waals surface area contributed by atoms with Gasteiger partial charge in [0.05, 0.1) is 11.9 Å². The van der Waals surface area contributed by atoms with Crippen molar-refractivity contribution in [1.82, 2.24) is 15.2 Å². The highest BCUT2D eigenvalue weighted by molar-refractivity contribution is 5.92. The molecule has 5 nitrogen and oxygen atoms in total. The Morgan fingerprint density at radius 2 is 2.05 bits per heavy atom. The Kier molecular flexibility index (Phi) is 5.99. The molecule has 1 saturated heterocycles. The number of aromatic nitrogens is 1. The number of hydrogen-bond donors (Lipinski definition) is 1. The number of rotatable bonds is 6. The lowest BCUT2D eigenvalue weighted by atomic mass is 10.1. The van der Waals surface area contributed by atoms with Gasteiger partial charge in [-0.1, -0.05) is 0 Å². The zero-order valence-corrected chi connectivity index (χ0v) is 13.1. The van der Waals surface area contributed by atoms with Crippen molar-refractivity contribution < 1.29 is 4.79 Å². The van der Waals surface area contributed by atoms with E-state index >= 15 is 0 Å². The Hall–Kier alpha value is -1.62. The highest BCUT2D eigenvalue weighted by Gasteiger charge is 2.12. The second-order valence-electron chi connectivity index (χ2n) is 5.86. The number of anilines is 1. The van der Waals surface area contributed by atoms with E-state index in [1.54, 1.807) is 0 Å². The third kappa shape index (κ3) is 5.01. The van der Waals surface area contributed by atoms with Crippen molar-refractivity contribution in [1.29, 1.82) is 0 Å². The highest BCUT2D eigenvalue weighted by Crippen LogP contribution is 2.18. The number of pyridine rings is 1. The summed E-state index contributed by atoms with van der Waals surface area (Å²) in [5, 5.41) is 2.91. The predicted octanol–water partition coefficient (Wildman–Crippen LogP) is 1.75. The van der Waals surface area contributed by atoms with E-state index in [0.717, 1.165) is 31.7 Å². The first-order chi connectivity index (χ1) is 10.2. The molecule has 116 valence electrons. The molecule has 1 fully saturated rings. The van der Waals surface area contributed by atoms with E-state index in [-0.39, 0.29) is 5.91 Å². The molecule has 0 saturated carbocycles. The largest absolute Gasteiger partial charge is 0.370 e. The lowest BCUT2D eigenvalue weighted by molar-refractivity contribution is 0.0947. The van der Waals surface area contributed by atoms with E-state index in [4.69, 9.17) is 0 Å². The zero-order valence-electron chi connectivity index (χ0n) is 13.1. The molecule has 0 atom stereocenters. The molecule has 2 rings (SSSR count). The van der Waals surface area contributed by atoms with Gasteiger partial charge in [0.25, 0.3) is 5.91 Å². The molecule has 0 aromatic carbocycles. The maximum Gasteiger partial charge on any atom is 0.269 e. The molecule has 1 N–H and O–H groups in total. The molecule has 5 heteroatoms. The second kappa shape index (κ2) is 7.98. The van der Waals surface area contributed by atoms with Crippen LogP contribution >= 0.6 is 0 Å². The molecule has 1 aliphatic heterocycles. The van der Waals surface area contributed by atoms with Gasteiger partial charge in [-0.2, -0.15) is 0 Å². The SMILES string of the molecule is CN(C)CCCNC(=O)c1ccc(N2CCCCC2)cn1. The van der Waals surface area contributed by atoms with Crippen LogP contribution in [0.15, 0.2) is 18.3 Å². The number of carbonyl (C=O) groups is 1. The summed E-state index contributed by atoms with van der Waals surface area (Å²) in [5.41, 5.74) is 1.62. The van der Waals surface area contributed by atoms with Crippen LogP contribution in [-0.2, 0) is 0 Å². The van der Waals surface area contributed by atoms with Gasteiger partial charge in [0.15, 0.2) is 0 Å². The minimum absolute atomic E-state index is 0.0843. The molecule has 1 amide bonds. The quantitative estimate of drug-likeness (QED) is 0.811. The third-order valence-corrected chi connectivity index (χ3v) is 3.77. The fraction of sp³-hybridized carbons (Fsp3) is 0.625. The van der Waals surface area contributed by atoms with Crippen molar-refractivity contribution in [3.63, 3.8) is 0 Å². The normalized spacial score (nSPS) is 15.3. The van der Waals surface area contributed by atoms with Crippen LogP contribution in [0.2, 0.25) is 0 Å². The van der Waals surface area contributed by atoms with Gasteiger partial charge in [0.1, 0.15) is 5.69 Å². The number of hydrogen-bond acceptors (Lipinski definition) is 4. The minimum Gasteiger partial charge on any atom is -0.370 e. The van der Waals surface area contributed by atoms with E-state index in [2.05, 4.69) is 20.1 Å². The molecule has 2 heterocycles. The van der Waals surface area contributed by atoms with Crippen LogP contribution in [0.25, 0.3) is 0 Å². The Morgan fingerprint density at radius 3 is 2.67 bits per heavy atom. The molecule has 0 bridgehead atoms. The summed E-state index contributed by atoms with van der Waals surface area (Å²) in [6, 6.07) is 3.83. The topological polar surface area (TPSA) is 48.5 Å². The van der Waals surface area contributed by atoms with Crippen LogP contribution in [0.5, 0.6) is 0 Å². The van der Waals surface area contributed by atoms with Gasteiger partial charge >= 0.3 is 0 Å². The summed E-state index contributed by atoms with van der Waals surface area (Å²) in [4.78, 5) is 20.7. The van der Waals surface area contributed by atoms with Crippen molar-refractivity contribution in [2.24, 2.45) is 0 Å². The minimum atomic E-state index is -0.0843. The Labute approximate surface area is 127 Å². The number of nitrogens with one attached hydrogen (secondary N) is 1. The Bertz CT molecular complexity index is 438. The van der Waals surface area contributed by atoms with Gasteiger partial charge < -0.3 is 15.1 Å². The molecule has 0 spiro atoms. The van der Waals surface area contributed by atoms with E-state index in [1.165, 1.54) is 19.3 Å². The average Bonchev–Trinajstić information content (AvgIpc) is 2.52. The standard InChI is InChI=1S/C16H26N4O/c1-19(2)10-6-9-17-16(21)15-8-7-14(13-18-15)20-11-4-3-5-12-20/h7-8,13H,3-6,9-12H2,1-2H3,(H,17,21). The van der Waals surface area contributed by atoms with Gasteiger partial charge in [-0.3, -0.25) is 4.79 Å². The van der Waals surface area contributed by atoms with Gasteiger partial charge in [0, 0.05) is 19.6 Å². The molecular weight excluding hydrogens is 264 g/mol. The first-order valence-corrected chi connectivity index (χ1v) is 7.81. The van der Waals surface area contributed by atoms with Crippen molar-refractivity contribution >= 4 is 11.6 Å². The molecule has 21 heavy (non-hydrogen) atoms. The van der Waals surface area contributed by atoms with Gasteiger partial charge in [0.2, 0.25) is 0 Å². The lowest BCUT2D eigenvalue weighted by Gasteiger charge is -2.28. The van der Waals surface area contributed by atoms with Gasteiger partial charge in [-0.15, -0.1) is 0 Å². The summed E-state index contributed by atoms with van der Waals surface area (Å²) < 4.78 is 0. The van der Waals surface area contributed by atoms with Crippen molar-refractivity contribution in [3.8, 4) is 0 Å². The Balaban J connectivity index is 1.82.